The van der Waals surface area contributed by atoms with Crippen LogP contribution in [-0.4, -0.2) is 16.3 Å². The van der Waals surface area contributed by atoms with Crippen molar-refractivity contribution in [3.63, 3.8) is 0 Å². The molecule has 0 aliphatic rings. The SMILES string of the molecule is Br.N#Cc1ccc[c]([Al])c1C#N. The second-order valence-corrected chi connectivity index (χ2v) is 2.62. The minimum atomic E-state index is 0. The maximum Gasteiger partial charge on any atom is 0.177 e. The van der Waals surface area contributed by atoms with Crippen LogP contribution in [0.2, 0.25) is 0 Å². The van der Waals surface area contributed by atoms with Crippen LogP contribution in [0.3, 0.4) is 0 Å². The summed E-state index contributed by atoms with van der Waals surface area (Å²) >= 11 is 2.42. The lowest BCUT2D eigenvalue weighted by atomic mass is 10.1. The Morgan fingerprint density at radius 3 is 2.25 bits per heavy atom. The number of nitriles is 2. The molecule has 0 saturated carbocycles. The molecule has 1 aromatic carbocycles. The first-order chi connectivity index (χ1) is 5.29. The van der Waals surface area contributed by atoms with Gasteiger partial charge in [0.05, 0.1) is 17.2 Å². The second kappa shape index (κ2) is 4.96. The van der Waals surface area contributed by atoms with Gasteiger partial charge in [0.15, 0.2) is 16.3 Å². The number of hydrogen-bond donors (Lipinski definition) is 0. The van der Waals surface area contributed by atoms with E-state index in [2.05, 4.69) is 16.3 Å². The van der Waals surface area contributed by atoms with E-state index < -0.39 is 0 Å². The Morgan fingerprint density at radius 2 is 1.83 bits per heavy atom. The van der Waals surface area contributed by atoms with Gasteiger partial charge in [-0.15, -0.1) is 21.4 Å². The molecule has 0 saturated heterocycles. The summed E-state index contributed by atoms with van der Waals surface area (Å²) in [4.78, 5) is 0. The van der Waals surface area contributed by atoms with E-state index in [-0.39, 0.29) is 17.0 Å². The first-order valence-electron chi connectivity index (χ1n) is 2.98. The van der Waals surface area contributed by atoms with Gasteiger partial charge in [-0.2, -0.15) is 10.5 Å². The molecule has 1 rings (SSSR count). The van der Waals surface area contributed by atoms with Crippen LogP contribution in [-0.2, 0) is 0 Å². The molecule has 56 valence electrons. The molecule has 1 aromatic rings. The van der Waals surface area contributed by atoms with Gasteiger partial charge in [0.2, 0.25) is 0 Å². The molecule has 2 radical (unpaired) electrons. The van der Waals surface area contributed by atoms with Crippen molar-refractivity contribution in [3.05, 3.63) is 29.3 Å². The van der Waals surface area contributed by atoms with E-state index >= 15 is 0 Å². The number of hydrogen-bond acceptors (Lipinski definition) is 2. The third-order valence-electron chi connectivity index (χ3n) is 1.33. The molecule has 4 heteroatoms. The molecule has 0 N–H and O–H groups in total. The summed E-state index contributed by atoms with van der Waals surface area (Å²) in [5.41, 5.74) is 0.875. The molecule has 0 aromatic heterocycles. The Labute approximate surface area is 89.6 Å². The Hall–Kier alpha value is -0.788. The molecule has 0 fully saturated rings. The third-order valence-corrected chi connectivity index (χ3v) is 1.81. The van der Waals surface area contributed by atoms with Gasteiger partial charge in [0.25, 0.3) is 0 Å². The largest absolute Gasteiger partial charge is 0.192 e. The van der Waals surface area contributed by atoms with E-state index in [0.29, 0.717) is 11.1 Å². The Kier molecular flexibility index (Phi) is 4.64. The van der Waals surface area contributed by atoms with Gasteiger partial charge in [-0.25, -0.2) is 0 Å². The first kappa shape index (κ1) is 11.2. The second-order valence-electron chi connectivity index (χ2n) is 1.99. The summed E-state index contributed by atoms with van der Waals surface area (Å²) in [5.74, 6) is 0. The van der Waals surface area contributed by atoms with Crippen molar-refractivity contribution in [1.29, 1.82) is 10.5 Å². The van der Waals surface area contributed by atoms with Gasteiger partial charge in [0.1, 0.15) is 6.07 Å². The van der Waals surface area contributed by atoms with E-state index in [9.17, 15) is 0 Å². The lowest BCUT2D eigenvalue weighted by molar-refractivity contribution is 1.45. The summed E-state index contributed by atoms with van der Waals surface area (Å²) in [6, 6.07) is 9.09. The zero-order valence-electron chi connectivity index (χ0n) is 6.11. The van der Waals surface area contributed by atoms with Crippen molar-refractivity contribution in [2.45, 2.75) is 0 Å². The summed E-state index contributed by atoms with van der Waals surface area (Å²) in [6.07, 6.45) is 0. The zero-order valence-corrected chi connectivity index (χ0v) is 8.98. The fourth-order valence-corrected chi connectivity index (χ4v) is 1.12. The number of halogens is 1. The Bertz CT molecular complexity index is 362. The third kappa shape index (κ3) is 2.10. The first-order valence-corrected chi connectivity index (χ1v) is 3.56. The zero-order chi connectivity index (χ0) is 8.27. The highest BCUT2D eigenvalue weighted by Gasteiger charge is 2.00. The standard InChI is InChI=1S/C8H3N2.Al.BrH/c9-5-7-3-1-2-4-8(7)6-10;;/h1-3H;;1H. The van der Waals surface area contributed by atoms with Gasteiger partial charge in [-0.05, 0) is 6.07 Å². The molecule has 0 aliphatic carbocycles. The smallest absolute Gasteiger partial charge is 0.177 e. The molecule has 0 heterocycles. The van der Waals surface area contributed by atoms with E-state index in [4.69, 9.17) is 10.5 Å². The lowest BCUT2D eigenvalue weighted by Gasteiger charge is -1.97. The van der Waals surface area contributed by atoms with Crippen LogP contribution in [0.25, 0.3) is 0 Å². The number of benzene rings is 1. The van der Waals surface area contributed by atoms with Crippen LogP contribution in [0.4, 0.5) is 0 Å². The van der Waals surface area contributed by atoms with E-state index in [1.807, 2.05) is 12.1 Å². The normalized spacial score (nSPS) is 7.50. The van der Waals surface area contributed by atoms with Crippen molar-refractivity contribution in [3.8, 4) is 12.1 Å². The van der Waals surface area contributed by atoms with Crippen molar-refractivity contribution in [1.82, 2.24) is 0 Å². The van der Waals surface area contributed by atoms with E-state index in [0.717, 1.165) is 4.43 Å². The van der Waals surface area contributed by atoms with Crippen LogP contribution in [0, 0.1) is 22.7 Å². The summed E-state index contributed by atoms with van der Waals surface area (Å²) in [6.45, 7) is 0. The van der Waals surface area contributed by atoms with Crippen LogP contribution in [0.5, 0.6) is 0 Å². The predicted molar refractivity (Wildman–Crippen MR) is 51.6 cm³/mol. The highest BCUT2D eigenvalue weighted by atomic mass is 79.9. The summed E-state index contributed by atoms with van der Waals surface area (Å²) in [7, 11) is 0. The van der Waals surface area contributed by atoms with E-state index in [1.54, 1.807) is 18.2 Å². The summed E-state index contributed by atoms with van der Waals surface area (Å²) < 4.78 is 0.770. The van der Waals surface area contributed by atoms with Gasteiger partial charge in [0, 0.05) is 0 Å². The molecular formula is C8H4AlBrN2. The van der Waals surface area contributed by atoms with Crippen molar-refractivity contribution < 1.29 is 0 Å². The fraction of sp³-hybridized carbons (Fsp3) is 0. The molecule has 0 unspecified atom stereocenters. The average molecular weight is 235 g/mol. The number of nitrogens with zero attached hydrogens (tertiary/aromatic N) is 2. The quantitative estimate of drug-likeness (QED) is 0.624. The van der Waals surface area contributed by atoms with Gasteiger partial charge in [-0.1, -0.05) is 12.1 Å². The van der Waals surface area contributed by atoms with Crippen LogP contribution < -0.4 is 4.43 Å². The summed E-state index contributed by atoms with van der Waals surface area (Å²) in [5, 5.41) is 17.2. The lowest BCUT2D eigenvalue weighted by Crippen LogP contribution is -2.08. The molecule has 12 heavy (non-hydrogen) atoms. The van der Waals surface area contributed by atoms with Crippen LogP contribution in [0.1, 0.15) is 11.1 Å². The maximum atomic E-state index is 8.62. The Balaban J connectivity index is 0.00000121. The fourth-order valence-electron chi connectivity index (χ4n) is 0.788. The highest BCUT2D eigenvalue weighted by Crippen LogP contribution is 2.01. The molecular weight excluding hydrogens is 231 g/mol. The van der Waals surface area contributed by atoms with E-state index in [1.165, 1.54) is 0 Å². The van der Waals surface area contributed by atoms with Crippen molar-refractivity contribution in [2.75, 3.05) is 0 Å². The average Bonchev–Trinajstić information content (AvgIpc) is 2.04. The molecule has 0 atom stereocenters. The van der Waals surface area contributed by atoms with Crippen molar-refractivity contribution >= 4 is 37.7 Å². The molecule has 0 spiro atoms. The van der Waals surface area contributed by atoms with Crippen molar-refractivity contribution in [2.24, 2.45) is 0 Å². The van der Waals surface area contributed by atoms with Crippen LogP contribution >= 0.6 is 17.0 Å². The molecule has 0 aliphatic heterocycles. The molecule has 2 nitrogen and oxygen atoms in total. The number of rotatable bonds is 0. The van der Waals surface area contributed by atoms with Gasteiger partial charge in [-0.3, -0.25) is 0 Å². The monoisotopic (exact) mass is 234 g/mol. The van der Waals surface area contributed by atoms with Gasteiger partial charge < -0.3 is 0 Å². The Morgan fingerprint density at radius 1 is 1.17 bits per heavy atom. The van der Waals surface area contributed by atoms with Crippen LogP contribution in [0.15, 0.2) is 18.2 Å². The minimum Gasteiger partial charge on any atom is -0.192 e. The topological polar surface area (TPSA) is 47.6 Å². The molecule has 0 amide bonds. The minimum absolute atomic E-state index is 0. The van der Waals surface area contributed by atoms with Gasteiger partial charge >= 0.3 is 0 Å². The highest BCUT2D eigenvalue weighted by molar-refractivity contribution is 8.93. The molecule has 0 bridgehead atoms. The predicted octanol–water partition coefficient (Wildman–Crippen LogP) is 0.802. The maximum absolute atomic E-state index is 8.62.